The molecule has 0 aromatic heterocycles. The van der Waals surface area contributed by atoms with Gasteiger partial charge in [0.15, 0.2) is 0 Å². The lowest BCUT2D eigenvalue weighted by atomic mass is 9.98. The second kappa shape index (κ2) is 4.79. The molecule has 2 bridgehead atoms. The van der Waals surface area contributed by atoms with Gasteiger partial charge in [0, 0.05) is 0 Å². The third kappa shape index (κ3) is 2.38. The maximum atomic E-state index is 8.97. The van der Waals surface area contributed by atoms with Gasteiger partial charge in [0.1, 0.15) is 0 Å². The van der Waals surface area contributed by atoms with Crippen LogP contribution in [0.2, 0.25) is 0 Å². The average Bonchev–Trinajstić information content (AvgIpc) is 2.99. The summed E-state index contributed by atoms with van der Waals surface area (Å²) in [5, 5.41) is 8.97. The molecule has 3 atom stereocenters. The maximum Gasteiger partial charge on any atom is 0.0720 e. The van der Waals surface area contributed by atoms with Gasteiger partial charge in [0.2, 0.25) is 0 Å². The zero-order valence-electron chi connectivity index (χ0n) is 10.1. The molecule has 2 aliphatic rings. The first kappa shape index (κ1) is 11.2. The Kier molecular flexibility index (Phi) is 3.17. The Hall–Kier alpha value is -0.860. The van der Waals surface area contributed by atoms with Crippen molar-refractivity contribution in [3.8, 4) is 0 Å². The summed E-state index contributed by atoms with van der Waals surface area (Å²) in [6.45, 7) is 0.840. The summed E-state index contributed by atoms with van der Waals surface area (Å²) >= 11 is 0. The highest BCUT2D eigenvalue weighted by molar-refractivity contribution is 5.21. The highest BCUT2D eigenvalue weighted by atomic mass is 16.5. The Labute approximate surface area is 103 Å². The van der Waals surface area contributed by atoms with Gasteiger partial charge < -0.3 is 9.84 Å². The molecule has 3 unspecified atom stereocenters. The van der Waals surface area contributed by atoms with Crippen molar-refractivity contribution < 1.29 is 9.84 Å². The van der Waals surface area contributed by atoms with Crippen LogP contribution >= 0.6 is 0 Å². The molecule has 1 aromatic rings. The molecule has 3 rings (SSSR count). The molecule has 2 heteroatoms. The van der Waals surface area contributed by atoms with Crippen molar-refractivity contribution in [1.82, 2.24) is 0 Å². The molecule has 17 heavy (non-hydrogen) atoms. The number of fused-ring (bicyclic) bond motifs is 2. The second-order valence-electron chi connectivity index (χ2n) is 5.50. The largest absolute Gasteiger partial charge is 0.392 e. The molecule has 0 spiro atoms. The number of hydrogen-bond donors (Lipinski definition) is 1. The fourth-order valence-electron chi connectivity index (χ4n) is 3.33. The third-order valence-electron chi connectivity index (χ3n) is 4.34. The first-order chi connectivity index (χ1) is 8.35. The van der Waals surface area contributed by atoms with Crippen LogP contribution in [0.3, 0.4) is 0 Å². The molecule has 2 saturated carbocycles. The standard InChI is InChI=1S/C15H20O2/c16-9-11-1-3-12(4-2-11)10-17-15-8-13-5-6-14(15)7-13/h1-4,13-16H,5-10H2. The smallest absolute Gasteiger partial charge is 0.0720 e. The predicted molar refractivity (Wildman–Crippen MR) is 66.4 cm³/mol. The average molecular weight is 232 g/mol. The lowest BCUT2D eigenvalue weighted by molar-refractivity contribution is 0.00519. The van der Waals surface area contributed by atoms with Gasteiger partial charge >= 0.3 is 0 Å². The van der Waals surface area contributed by atoms with Crippen molar-refractivity contribution >= 4 is 0 Å². The van der Waals surface area contributed by atoms with E-state index >= 15 is 0 Å². The van der Waals surface area contributed by atoms with E-state index in [1.807, 2.05) is 12.1 Å². The highest BCUT2D eigenvalue weighted by Crippen LogP contribution is 2.46. The van der Waals surface area contributed by atoms with E-state index < -0.39 is 0 Å². The molecule has 1 N–H and O–H groups in total. The Morgan fingerprint density at radius 3 is 2.41 bits per heavy atom. The van der Waals surface area contributed by atoms with Crippen LogP contribution in [0.4, 0.5) is 0 Å². The van der Waals surface area contributed by atoms with Gasteiger partial charge in [-0.05, 0) is 48.6 Å². The number of benzene rings is 1. The van der Waals surface area contributed by atoms with Crippen LogP contribution in [0.1, 0.15) is 36.8 Å². The van der Waals surface area contributed by atoms with Crippen LogP contribution in [0.5, 0.6) is 0 Å². The molecule has 92 valence electrons. The Morgan fingerprint density at radius 1 is 1.06 bits per heavy atom. The van der Waals surface area contributed by atoms with E-state index in [-0.39, 0.29) is 6.61 Å². The van der Waals surface area contributed by atoms with Crippen LogP contribution < -0.4 is 0 Å². The SMILES string of the molecule is OCc1ccc(COC2CC3CCC2C3)cc1. The van der Waals surface area contributed by atoms with Crippen molar-refractivity contribution in [2.75, 3.05) is 0 Å². The van der Waals surface area contributed by atoms with Gasteiger partial charge in [0.05, 0.1) is 19.3 Å². The first-order valence-corrected chi connectivity index (χ1v) is 6.65. The summed E-state index contributed by atoms with van der Waals surface area (Å²) in [6, 6.07) is 8.05. The van der Waals surface area contributed by atoms with Gasteiger partial charge in [-0.15, -0.1) is 0 Å². The van der Waals surface area contributed by atoms with Gasteiger partial charge in [0.25, 0.3) is 0 Å². The molecule has 1 aromatic carbocycles. The van der Waals surface area contributed by atoms with E-state index in [1.54, 1.807) is 0 Å². The summed E-state index contributed by atoms with van der Waals surface area (Å²) < 4.78 is 6.03. The Balaban J connectivity index is 1.53. The second-order valence-corrected chi connectivity index (χ2v) is 5.50. The van der Waals surface area contributed by atoms with Gasteiger partial charge in [-0.1, -0.05) is 24.3 Å². The zero-order chi connectivity index (χ0) is 11.7. The third-order valence-corrected chi connectivity index (χ3v) is 4.34. The van der Waals surface area contributed by atoms with E-state index in [9.17, 15) is 0 Å². The minimum Gasteiger partial charge on any atom is -0.392 e. The van der Waals surface area contributed by atoms with Crippen molar-refractivity contribution in [2.24, 2.45) is 11.8 Å². The lowest BCUT2D eigenvalue weighted by Gasteiger charge is -2.22. The van der Waals surface area contributed by atoms with Crippen molar-refractivity contribution in [2.45, 2.75) is 45.0 Å². The zero-order valence-corrected chi connectivity index (χ0v) is 10.1. The molecule has 0 aliphatic heterocycles. The summed E-state index contributed by atoms with van der Waals surface area (Å²) in [5.41, 5.74) is 2.18. The summed E-state index contributed by atoms with van der Waals surface area (Å²) in [6.07, 6.45) is 5.98. The molecule has 2 aliphatic carbocycles. The monoisotopic (exact) mass is 232 g/mol. The normalized spacial score (nSPS) is 31.0. The maximum absolute atomic E-state index is 8.97. The fraction of sp³-hybridized carbons (Fsp3) is 0.600. The lowest BCUT2D eigenvalue weighted by Crippen LogP contribution is -2.20. The number of aliphatic hydroxyl groups excluding tert-OH is 1. The van der Waals surface area contributed by atoms with E-state index in [0.717, 1.165) is 24.0 Å². The highest BCUT2D eigenvalue weighted by Gasteiger charge is 2.39. The fourth-order valence-corrected chi connectivity index (χ4v) is 3.33. The van der Waals surface area contributed by atoms with Gasteiger partial charge in [-0.3, -0.25) is 0 Å². The molecule has 0 radical (unpaired) electrons. The number of rotatable bonds is 4. The molecule has 2 nitrogen and oxygen atoms in total. The number of aliphatic hydroxyl groups is 1. The van der Waals surface area contributed by atoms with Gasteiger partial charge in [-0.2, -0.15) is 0 Å². The molecule has 0 saturated heterocycles. The van der Waals surface area contributed by atoms with E-state index in [4.69, 9.17) is 9.84 Å². The Bertz CT molecular complexity index is 371. The molecule has 2 fully saturated rings. The van der Waals surface area contributed by atoms with Crippen LogP contribution in [0.25, 0.3) is 0 Å². The predicted octanol–water partition coefficient (Wildman–Crippen LogP) is 2.88. The minimum absolute atomic E-state index is 0.119. The summed E-state index contributed by atoms with van der Waals surface area (Å²) in [7, 11) is 0. The topological polar surface area (TPSA) is 29.5 Å². The van der Waals surface area contributed by atoms with Crippen LogP contribution in [-0.2, 0) is 18.0 Å². The molecule has 0 heterocycles. The van der Waals surface area contributed by atoms with Gasteiger partial charge in [-0.25, -0.2) is 0 Å². The Morgan fingerprint density at radius 2 is 1.82 bits per heavy atom. The van der Waals surface area contributed by atoms with E-state index in [1.165, 1.54) is 31.2 Å². The molecular formula is C15H20O2. The summed E-state index contributed by atoms with van der Waals surface area (Å²) in [4.78, 5) is 0. The van der Waals surface area contributed by atoms with E-state index in [0.29, 0.717) is 6.10 Å². The molecular weight excluding hydrogens is 212 g/mol. The van der Waals surface area contributed by atoms with Crippen LogP contribution in [0.15, 0.2) is 24.3 Å². The number of hydrogen-bond acceptors (Lipinski definition) is 2. The summed E-state index contributed by atoms with van der Waals surface area (Å²) in [5.74, 6) is 1.78. The van der Waals surface area contributed by atoms with Crippen molar-refractivity contribution in [1.29, 1.82) is 0 Å². The number of ether oxygens (including phenoxy) is 1. The van der Waals surface area contributed by atoms with E-state index in [2.05, 4.69) is 12.1 Å². The van der Waals surface area contributed by atoms with Crippen molar-refractivity contribution in [3.05, 3.63) is 35.4 Å². The molecule has 0 amide bonds. The van der Waals surface area contributed by atoms with Crippen LogP contribution in [0, 0.1) is 11.8 Å². The van der Waals surface area contributed by atoms with Crippen LogP contribution in [-0.4, -0.2) is 11.2 Å². The minimum atomic E-state index is 0.119. The van der Waals surface area contributed by atoms with Crippen molar-refractivity contribution in [3.63, 3.8) is 0 Å². The first-order valence-electron chi connectivity index (χ1n) is 6.65. The quantitative estimate of drug-likeness (QED) is 0.865.